The van der Waals surface area contributed by atoms with E-state index in [1.54, 1.807) is 10.5 Å². The topological polar surface area (TPSA) is 55.5 Å². The molecule has 2 aliphatic rings. The Hall–Kier alpha value is -3.50. The number of aromatic nitrogens is 4. The molecule has 0 unspecified atom stereocenters. The average molecular weight is 427 g/mol. The molecule has 0 saturated heterocycles. The van der Waals surface area contributed by atoms with Crippen LogP contribution in [0.5, 0.6) is 0 Å². The van der Waals surface area contributed by atoms with Crippen LogP contribution in [0.25, 0.3) is 16.7 Å². The van der Waals surface area contributed by atoms with Gasteiger partial charge in [-0.3, -0.25) is 4.40 Å². The van der Waals surface area contributed by atoms with Crippen LogP contribution in [-0.4, -0.2) is 32.7 Å². The summed E-state index contributed by atoms with van der Waals surface area (Å²) in [7, 11) is 0. The zero-order chi connectivity index (χ0) is 21.9. The molecule has 0 atom stereocenters. The van der Waals surface area contributed by atoms with Gasteiger partial charge in [-0.2, -0.15) is 4.98 Å². The van der Waals surface area contributed by atoms with Crippen molar-refractivity contribution in [1.82, 2.24) is 19.6 Å². The number of halogens is 1. The lowest BCUT2D eigenvalue weighted by molar-refractivity contribution is 0.133. The zero-order valence-corrected chi connectivity index (χ0v) is 18.0. The Kier molecular flexibility index (Phi) is 4.21. The molecule has 1 aliphatic carbocycles. The molecule has 6 nitrogen and oxygen atoms in total. The first-order chi connectivity index (χ1) is 15.5. The Morgan fingerprint density at radius 1 is 1.12 bits per heavy atom. The molecule has 6 rings (SSSR count). The maximum absolute atomic E-state index is 15.2. The summed E-state index contributed by atoms with van der Waals surface area (Å²) in [6.45, 7) is 5.53. The SMILES string of the molecule is Cc1nnc2nc(N3CCOCc4c(C#CC5(C)CC5)cccc43)c3c(F)cccc3n12. The second-order valence-electron chi connectivity index (χ2n) is 8.77. The van der Waals surface area contributed by atoms with Crippen molar-refractivity contribution >= 4 is 28.2 Å². The molecule has 0 radical (unpaired) electrons. The van der Waals surface area contributed by atoms with E-state index in [0.717, 1.165) is 29.7 Å². The van der Waals surface area contributed by atoms with E-state index < -0.39 is 0 Å². The fourth-order valence-electron chi connectivity index (χ4n) is 4.27. The zero-order valence-electron chi connectivity index (χ0n) is 18.0. The lowest BCUT2D eigenvalue weighted by Gasteiger charge is -2.25. The van der Waals surface area contributed by atoms with E-state index in [9.17, 15) is 0 Å². The van der Waals surface area contributed by atoms with Crippen LogP contribution in [-0.2, 0) is 11.3 Å². The van der Waals surface area contributed by atoms with Gasteiger partial charge in [-0.15, -0.1) is 10.2 Å². The van der Waals surface area contributed by atoms with Crippen molar-refractivity contribution in [3.05, 3.63) is 59.2 Å². The van der Waals surface area contributed by atoms with Gasteiger partial charge in [0.05, 0.1) is 24.1 Å². The predicted molar refractivity (Wildman–Crippen MR) is 120 cm³/mol. The minimum absolute atomic E-state index is 0.130. The van der Waals surface area contributed by atoms with Gasteiger partial charge in [-0.1, -0.05) is 24.0 Å². The lowest BCUT2D eigenvalue weighted by atomic mass is 10.0. The maximum Gasteiger partial charge on any atom is 0.257 e. The third kappa shape index (κ3) is 3.02. The predicted octanol–water partition coefficient (Wildman–Crippen LogP) is 4.54. The van der Waals surface area contributed by atoms with Crippen LogP contribution < -0.4 is 4.90 Å². The van der Waals surface area contributed by atoms with E-state index in [1.807, 2.05) is 36.1 Å². The number of nitrogens with zero attached hydrogens (tertiary/aromatic N) is 5. The number of fused-ring (bicyclic) bond motifs is 4. The monoisotopic (exact) mass is 427 g/mol. The minimum atomic E-state index is -0.329. The number of benzene rings is 2. The lowest BCUT2D eigenvalue weighted by Crippen LogP contribution is -2.23. The average Bonchev–Trinajstić information content (AvgIpc) is 3.47. The number of hydrogen-bond acceptors (Lipinski definition) is 5. The van der Waals surface area contributed by atoms with Crippen molar-refractivity contribution in [2.24, 2.45) is 5.41 Å². The molecule has 2 aromatic carbocycles. The standard InChI is InChI=1S/C25H22FN5O/c1-16-28-29-24-27-23(22-19(26)6-4-8-21(22)31(16)24)30-13-14-32-15-18-17(5-3-7-20(18)30)9-10-25(2)11-12-25/h3-8H,11-15H2,1-2H3. The number of ether oxygens (including phenoxy) is 1. The van der Waals surface area contributed by atoms with Crippen molar-refractivity contribution in [2.45, 2.75) is 33.3 Å². The summed E-state index contributed by atoms with van der Waals surface area (Å²) in [5.74, 6) is 8.10. The summed E-state index contributed by atoms with van der Waals surface area (Å²) in [6, 6.07) is 11.1. The highest BCUT2D eigenvalue weighted by molar-refractivity contribution is 5.94. The molecule has 1 fully saturated rings. The Bertz CT molecular complexity index is 1440. The number of aryl methyl sites for hydroxylation is 1. The summed E-state index contributed by atoms with van der Waals surface area (Å²) < 4.78 is 22.9. The van der Waals surface area contributed by atoms with Crippen LogP contribution in [0, 0.1) is 30.0 Å². The molecular weight excluding hydrogens is 405 g/mol. The van der Waals surface area contributed by atoms with Crippen molar-refractivity contribution in [3.8, 4) is 11.8 Å². The molecule has 0 spiro atoms. The Balaban J connectivity index is 1.59. The Morgan fingerprint density at radius 2 is 1.97 bits per heavy atom. The van der Waals surface area contributed by atoms with Crippen LogP contribution >= 0.6 is 0 Å². The molecule has 160 valence electrons. The first kappa shape index (κ1) is 19.2. The maximum atomic E-state index is 15.2. The van der Waals surface area contributed by atoms with Gasteiger partial charge < -0.3 is 9.64 Å². The summed E-state index contributed by atoms with van der Waals surface area (Å²) in [4.78, 5) is 6.79. The molecule has 0 bridgehead atoms. The quantitative estimate of drug-likeness (QED) is 0.417. The van der Waals surface area contributed by atoms with Gasteiger partial charge in [-0.25, -0.2) is 4.39 Å². The van der Waals surface area contributed by atoms with Gasteiger partial charge in [0.1, 0.15) is 17.5 Å². The van der Waals surface area contributed by atoms with Crippen LogP contribution in [0.15, 0.2) is 36.4 Å². The molecular formula is C25H22FN5O. The van der Waals surface area contributed by atoms with Gasteiger partial charge in [0.25, 0.3) is 5.78 Å². The molecule has 1 aliphatic heterocycles. The molecule has 7 heteroatoms. The third-order valence-corrected chi connectivity index (χ3v) is 6.37. The number of hydrogen-bond donors (Lipinski definition) is 0. The summed E-state index contributed by atoms with van der Waals surface area (Å²) in [5.41, 5.74) is 3.72. The van der Waals surface area contributed by atoms with E-state index in [4.69, 9.17) is 9.72 Å². The van der Waals surface area contributed by atoms with Crippen LogP contribution in [0.1, 0.15) is 36.7 Å². The van der Waals surface area contributed by atoms with Gasteiger partial charge >= 0.3 is 0 Å². The summed E-state index contributed by atoms with van der Waals surface area (Å²) >= 11 is 0. The van der Waals surface area contributed by atoms with E-state index in [1.165, 1.54) is 6.07 Å². The molecule has 32 heavy (non-hydrogen) atoms. The fraction of sp³-hybridized carbons (Fsp3) is 0.320. The largest absolute Gasteiger partial charge is 0.375 e. The highest BCUT2D eigenvalue weighted by Crippen LogP contribution is 2.44. The van der Waals surface area contributed by atoms with Gasteiger partial charge in [0.2, 0.25) is 0 Å². The number of anilines is 2. The van der Waals surface area contributed by atoms with Gasteiger partial charge in [0.15, 0.2) is 0 Å². The van der Waals surface area contributed by atoms with E-state index in [-0.39, 0.29) is 11.2 Å². The third-order valence-electron chi connectivity index (χ3n) is 6.37. The molecule has 0 amide bonds. The highest BCUT2D eigenvalue weighted by atomic mass is 19.1. The van der Waals surface area contributed by atoms with Crippen LogP contribution in [0.2, 0.25) is 0 Å². The van der Waals surface area contributed by atoms with Crippen molar-refractivity contribution in [1.29, 1.82) is 0 Å². The minimum Gasteiger partial charge on any atom is -0.375 e. The molecule has 4 aromatic rings. The van der Waals surface area contributed by atoms with E-state index in [0.29, 0.717) is 48.1 Å². The normalized spacial score (nSPS) is 17.0. The Morgan fingerprint density at radius 3 is 2.81 bits per heavy atom. The summed E-state index contributed by atoms with van der Waals surface area (Å²) in [5, 5.41) is 8.81. The van der Waals surface area contributed by atoms with E-state index >= 15 is 4.39 Å². The fourth-order valence-corrected chi connectivity index (χ4v) is 4.27. The smallest absolute Gasteiger partial charge is 0.257 e. The molecule has 1 saturated carbocycles. The summed E-state index contributed by atoms with van der Waals surface area (Å²) in [6.07, 6.45) is 2.29. The van der Waals surface area contributed by atoms with Gasteiger partial charge in [0, 0.05) is 28.8 Å². The van der Waals surface area contributed by atoms with Crippen LogP contribution in [0.3, 0.4) is 0 Å². The number of rotatable bonds is 1. The van der Waals surface area contributed by atoms with Crippen molar-refractivity contribution in [2.75, 3.05) is 18.1 Å². The second kappa shape index (κ2) is 7.01. The van der Waals surface area contributed by atoms with Gasteiger partial charge in [-0.05, 0) is 51.0 Å². The van der Waals surface area contributed by atoms with Crippen molar-refractivity contribution in [3.63, 3.8) is 0 Å². The molecule has 0 N–H and O–H groups in total. The molecule has 3 heterocycles. The molecule has 2 aromatic heterocycles. The highest BCUT2D eigenvalue weighted by Gasteiger charge is 2.35. The van der Waals surface area contributed by atoms with E-state index in [2.05, 4.69) is 29.0 Å². The van der Waals surface area contributed by atoms with Crippen molar-refractivity contribution < 1.29 is 9.13 Å². The first-order valence-corrected chi connectivity index (χ1v) is 10.8. The second-order valence-corrected chi connectivity index (χ2v) is 8.77. The first-order valence-electron chi connectivity index (χ1n) is 10.8. The Labute approximate surface area is 185 Å². The van der Waals surface area contributed by atoms with Crippen LogP contribution in [0.4, 0.5) is 15.9 Å².